The van der Waals surface area contributed by atoms with Gasteiger partial charge in [0.2, 0.25) is 5.91 Å². The minimum absolute atomic E-state index is 0.141. The molecule has 0 aromatic rings. The van der Waals surface area contributed by atoms with Crippen LogP contribution in [0.5, 0.6) is 0 Å². The molecule has 0 spiro atoms. The van der Waals surface area contributed by atoms with Crippen molar-refractivity contribution < 1.29 is 39.8 Å². The third-order valence-electron chi connectivity index (χ3n) is 14.9. The van der Waals surface area contributed by atoms with E-state index in [9.17, 15) is 30.3 Å². The molecule has 6 N–H and O–H groups in total. The van der Waals surface area contributed by atoms with Gasteiger partial charge < -0.3 is 40.3 Å². The van der Waals surface area contributed by atoms with Crippen molar-refractivity contribution in [2.45, 2.75) is 314 Å². The summed E-state index contributed by atoms with van der Waals surface area (Å²) in [5.74, 6) is -0.148. The van der Waals surface area contributed by atoms with Crippen LogP contribution in [0, 0.1) is 0 Å². The maximum Gasteiger partial charge on any atom is 0.220 e. The Labute approximate surface area is 485 Å². The van der Waals surface area contributed by atoms with E-state index in [1.807, 2.05) is 0 Å². The van der Waals surface area contributed by atoms with Crippen molar-refractivity contribution in [1.29, 1.82) is 0 Å². The first-order chi connectivity index (χ1) is 38.8. The maximum absolute atomic E-state index is 13.1. The summed E-state index contributed by atoms with van der Waals surface area (Å²) in [6, 6.07) is -0.725. The first-order valence-electron chi connectivity index (χ1n) is 32.6. The number of rotatable bonds is 55. The predicted molar refractivity (Wildman–Crippen MR) is 336 cm³/mol. The van der Waals surface area contributed by atoms with Gasteiger partial charge >= 0.3 is 0 Å². The molecule has 0 aliphatic carbocycles. The van der Waals surface area contributed by atoms with E-state index >= 15 is 0 Å². The molecule has 1 rings (SSSR count). The van der Waals surface area contributed by atoms with Crippen LogP contribution in [-0.4, -0.2) is 87.5 Å². The zero-order valence-electron chi connectivity index (χ0n) is 50.6. The molecule has 1 heterocycles. The third-order valence-corrected chi connectivity index (χ3v) is 14.9. The number of nitrogens with one attached hydrogen (secondary N) is 1. The first kappa shape index (κ1) is 73.9. The molecule has 0 radical (unpaired) electrons. The smallest absolute Gasteiger partial charge is 0.220 e. The Morgan fingerprint density at radius 2 is 0.785 bits per heavy atom. The van der Waals surface area contributed by atoms with Crippen LogP contribution in [0.1, 0.15) is 271 Å². The second kappa shape index (κ2) is 58.1. The van der Waals surface area contributed by atoms with Gasteiger partial charge in [-0.3, -0.25) is 4.79 Å². The molecule has 0 bridgehead atoms. The van der Waals surface area contributed by atoms with Crippen LogP contribution in [0.3, 0.4) is 0 Å². The Morgan fingerprint density at radius 1 is 0.443 bits per heavy atom. The number of amides is 1. The quantitative estimate of drug-likeness (QED) is 0.0261. The second-order valence-corrected chi connectivity index (χ2v) is 22.2. The average Bonchev–Trinajstić information content (AvgIpc) is 3.46. The van der Waals surface area contributed by atoms with Gasteiger partial charge in [-0.15, -0.1) is 0 Å². The molecule has 1 aliphatic heterocycles. The van der Waals surface area contributed by atoms with Crippen molar-refractivity contribution in [1.82, 2.24) is 5.32 Å². The minimum Gasteiger partial charge on any atom is -0.394 e. The standard InChI is InChI=1S/C70H121NO8/c1-3-5-7-9-11-13-15-17-19-20-21-22-23-24-25-26-27-28-29-30-31-32-33-34-35-36-37-38-39-40-41-42-43-44-46-48-50-52-54-56-58-60-66(74)71-63(62-78-70-69(77)68(76)67(75)65(61-72)79-70)64(73)59-57-55-53-51-49-47-45-18-16-14-12-10-8-6-4-2/h5,7,11,13,17,19,21-22,24-25,27-28,30-31,33-34,36-37,63-65,67-70,72-73,75-77H,3-4,6,8-10,12,14-16,18,20,23,26,29,32,35,38-62H2,1-2H3,(H,71,74)/b7-5-,13-11-,19-17-,22-21-,25-24-,28-27-,31-30-,34-33-,37-36-. The summed E-state index contributed by atoms with van der Waals surface area (Å²) in [4.78, 5) is 13.1. The molecule has 1 saturated heterocycles. The second-order valence-electron chi connectivity index (χ2n) is 22.2. The summed E-state index contributed by atoms with van der Waals surface area (Å²) in [6.07, 6.45) is 78.5. The van der Waals surface area contributed by atoms with Crippen molar-refractivity contribution in [3.05, 3.63) is 109 Å². The van der Waals surface area contributed by atoms with Gasteiger partial charge in [0.05, 0.1) is 25.4 Å². The van der Waals surface area contributed by atoms with Crippen molar-refractivity contribution in [3.8, 4) is 0 Å². The van der Waals surface area contributed by atoms with Gasteiger partial charge in [-0.1, -0.05) is 290 Å². The van der Waals surface area contributed by atoms with Crippen LogP contribution in [0.4, 0.5) is 0 Å². The van der Waals surface area contributed by atoms with Crippen LogP contribution in [-0.2, 0) is 14.3 Å². The molecule has 1 aliphatic rings. The van der Waals surface area contributed by atoms with E-state index in [4.69, 9.17) is 9.47 Å². The Morgan fingerprint density at radius 3 is 1.16 bits per heavy atom. The molecule has 0 aromatic carbocycles. The zero-order chi connectivity index (χ0) is 57.2. The SMILES string of the molecule is CC/C=C\C/C=C\C/C=C\C/C=C\C/C=C\C/C=C\C/C=C\C/C=C\C/C=C\CCCCCCCCCCCCCCCC(=O)NC(COC1OC(CO)C(O)C(O)C1O)C(O)CCCCCCCCCCCCCCCCC. The highest BCUT2D eigenvalue weighted by Gasteiger charge is 2.44. The fourth-order valence-electron chi connectivity index (χ4n) is 9.80. The van der Waals surface area contributed by atoms with E-state index < -0.39 is 49.5 Å². The van der Waals surface area contributed by atoms with Gasteiger partial charge in [-0.2, -0.15) is 0 Å². The van der Waals surface area contributed by atoms with Gasteiger partial charge in [-0.25, -0.2) is 0 Å². The normalized spacial score (nSPS) is 19.3. The van der Waals surface area contributed by atoms with Gasteiger partial charge in [0, 0.05) is 6.42 Å². The van der Waals surface area contributed by atoms with Crippen LogP contribution in [0.2, 0.25) is 0 Å². The summed E-state index contributed by atoms with van der Waals surface area (Å²) in [5, 5.41) is 54.7. The molecular formula is C70H121NO8. The van der Waals surface area contributed by atoms with E-state index in [0.717, 1.165) is 96.3 Å². The molecule has 454 valence electrons. The third kappa shape index (κ3) is 47.1. The minimum atomic E-state index is -1.56. The fraction of sp³-hybridized carbons (Fsp3) is 0.729. The Bertz CT molecular complexity index is 1610. The average molecular weight is 1100 g/mol. The van der Waals surface area contributed by atoms with Gasteiger partial charge in [-0.05, 0) is 83.5 Å². The number of hydrogen-bond donors (Lipinski definition) is 6. The maximum atomic E-state index is 13.1. The molecule has 0 saturated carbocycles. The lowest BCUT2D eigenvalue weighted by Crippen LogP contribution is -2.60. The predicted octanol–water partition coefficient (Wildman–Crippen LogP) is 17.3. The number of ether oxygens (including phenoxy) is 2. The number of unbranched alkanes of at least 4 members (excludes halogenated alkanes) is 27. The lowest BCUT2D eigenvalue weighted by atomic mass is 9.99. The van der Waals surface area contributed by atoms with E-state index in [1.54, 1.807) is 0 Å². The van der Waals surface area contributed by atoms with Gasteiger partial charge in [0.15, 0.2) is 6.29 Å². The van der Waals surface area contributed by atoms with E-state index in [1.165, 1.54) is 148 Å². The lowest BCUT2D eigenvalue weighted by Gasteiger charge is -2.40. The van der Waals surface area contributed by atoms with Crippen molar-refractivity contribution in [3.63, 3.8) is 0 Å². The summed E-state index contributed by atoms with van der Waals surface area (Å²) in [5.41, 5.74) is 0. The highest BCUT2D eigenvalue weighted by Crippen LogP contribution is 2.23. The molecule has 79 heavy (non-hydrogen) atoms. The molecule has 1 fully saturated rings. The monoisotopic (exact) mass is 1100 g/mol. The first-order valence-corrected chi connectivity index (χ1v) is 32.6. The summed E-state index contributed by atoms with van der Waals surface area (Å²) >= 11 is 0. The van der Waals surface area contributed by atoms with E-state index in [2.05, 4.69) is 129 Å². The lowest BCUT2D eigenvalue weighted by molar-refractivity contribution is -0.302. The van der Waals surface area contributed by atoms with E-state index in [-0.39, 0.29) is 12.5 Å². The molecule has 9 heteroatoms. The summed E-state index contributed by atoms with van der Waals surface area (Å²) < 4.78 is 11.3. The summed E-state index contributed by atoms with van der Waals surface area (Å²) in [7, 11) is 0. The molecule has 1 amide bonds. The Balaban J connectivity index is 2.10. The number of allylic oxidation sites excluding steroid dienone is 18. The Kier molecular flexibility index (Phi) is 54.3. The van der Waals surface area contributed by atoms with Crippen LogP contribution in [0.25, 0.3) is 0 Å². The van der Waals surface area contributed by atoms with Crippen LogP contribution < -0.4 is 5.32 Å². The molecule has 7 unspecified atom stereocenters. The number of aliphatic hydroxyl groups excluding tert-OH is 5. The molecular weight excluding hydrogens is 983 g/mol. The van der Waals surface area contributed by atoms with E-state index in [0.29, 0.717) is 12.8 Å². The zero-order valence-corrected chi connectivity index (χ0v) is 50.6. The molecule has 9 nitrogen and oxygen atoms in total. The Hall–Kier alpha value is -3.15. The van der Waals surface area contributed by atoms with Crippen molar-refractivity contribution in [2.75, 3.05) is 13.2 Å². The van der Waals surface area contributed by atoms with Gasteiger partial charge in [0.25, 0.3) is 0 Å². The topological polar surface area (TPSA) is 149 Å². The molecule has 0 aromatic heterocycles. The summed E-state index contributed by atoms with van der Waals surface area (Å²) in [6.45, 7) is 3.73. The number of aliphatic hydroxyl groups is 5. The number of hydrogen-bond acceptors (Lipinski definition) is 8. The van der Waals surface area contributed by atoms with Crippen molar-refractivity contribution >= 4 is 5.91 Å². The number of carbonyl (C=O) groups is 1. The van der Waals surface area contributed by atoms with Crippen molar-refractivity contribution in [2.24, 2.45) is 0 Å². The highest BCUT2D eigenvalue weighted by molar-refractivity contribution is 5.76. The molecule has 7 atom stereocenters. The van der Waals surface area contributed by atoms with Gasteiger partial charge in [0.1, 0.15) is 24.4 Å². The largest absolute Gasteiger partial charge is 0.394 e. The highest BCUT2D eigenvalue weighted by atomic mass is 16.7. The van der Waals surface area contributed by atoms with Crippen LogP contribution in [0.15, 0.2) is 109 Å². The number of carbonyl (C=O) groups excluding carboxylic acids is 1. The van der Waals surface area contributed by atoms with Crippen LogP contribution >= 0.6 is 0 Å². The fourth-order valence-corrected chi connectivity index (χ4v) is 9.80.